The highest BCUT2D eigenvalue weighted by atomic mass is 16.5. The smallest absolute Gasteiger partial charge is 0.159 e. The number of nitrogens with zero attached hydrogens (tertiary/aromatic N) is 2. The largest absolute Gasteiger partial charge is 0.494 e. The summed E-state index contributed by atoms with van der Waals surface area (Å²) in [6.45, 7) is 8.55. The van der Waals surface area contributed by atoms with E-state index in [1.807, 2.05) is 12.1 Å². The molecule has 3 rings (SSSR count). The first-order chi connectivity index (χ1) is 13.2. The summed E-state index contributed by atoms with van der Waals surface area (Å²) in [6, 6.07) is 16.4. The lowest BCUT2D eigenvalue weighted by molar-refractivity contribution is 0.101. The van der Waals surface area contributed by atoms with Gasteiger partial charge in [-0.25, -0.2) is 0 Å². The van der Waals surface area contributed by atoms with E-state index in [4.69, 9.17) is 4.74 Å². The van der Waals surface area contributed by atoms with Gasteiger partial charge in [0, 0.05) is 43.1 Å². The van der Waals surface area contributed by atoms with Crippen molar-refractivity contribution in [1.82, 2.24) is 0 Å². The summed E-state index contributed by atoms with van der Waals surface area (Å²) in [4.78, 5) is 16.2. The monoisotopic (exact) mass is 366 g/mol. The molecule has 4 heteroatoms. The first kappa shape index (κ1) is 19.3. The van der Waals surface area contributed by atoms with E-state index in [9.17, 15) is 4.79 Å². The molecule has 2 aromatic carbocycles. The topological polar surface area (TPSA) is 32.8 Å². The van der Waals surface area contributed by atoms with Gasteiger partial charge in [-0.3, -0.25) is 4.79 Å². The molecule has 0 aliphatic carbocycles. The highest BCUT2D eigenvalue weighted by molar-refractivity contribution is 5.94. The Morgan fingerprint density at radius 3 is 1.85 bits per heavy atom. The molecule has 0 unspecified atom stereocenters. The molecule has 1 saturated heterocycles. The van der Waals surface area contributed by atoms with Crippen molar-refractivity contribution in [3.05, 3.63) is 54.1 Å². The van der Waals surface area contributed by atoms with Crippen LogP contribution in [0.5, 0.6) is 5.75 Å². The fourth-order valence-corrected chi connectivity index (χ4v) is 3.43. The zero-order valence-corrected chi connectivity index (χ0v) is 16.5. The number of Topliss-reactive ketones (excluding diaryl/α,β-unsaturated/α-hetero) is 1. The molecular formula is C23H30N2O2. The summed E-state index contributed by atoms with van der Waals surface area (Å²) in [5.41, 5.74) is 3.22. The van der Waals surface area contributed by atoms with Crippen LogP contribution in [0.1, 0.15) is 43.5 Å². The van der Waals surface area contributed by atoms with Crippen LogP contribution in [-0.2, 0) is 0 Å². The highest BCUT2D eigenvalue weighted by Crippen LogP contribution is 2.23. The fourth-order valence-electron chi connectivity index (χ4n) is 3.43. The van der Waals surface area contributed by atoms with Crippen LogP contribution >= 0.6 is 0 Å². The average Bonchev–Trinajstić information content (AvgIpc) is 2.72. The minimum atomic E-state index is 0.115. The van der Waals surface area contributed by atoms with Gasteiger partial charge in [-0.05, 0) is 61.9 Å². The van der Waals surface area contributed by atoms with Crippen molar-refractivity contribution in [2.24, 2.45) is 0 Å². The number of piperazine rings is 1. The molecule has 144 valence electrons. The van der Waals surface area contributed by atoms with Crippen molar-refractivity contribution in [3.8, 4) is 5.75 Å². The molecule has 27 heavy (non-hydrogen) atoms. The van der Waals surface area contributed by atoms with E-state index in [-0.39, 0.29) is 5.78 Å². The Kier molecular flexibility index (Phi) is 6.74. The van der Waals surface area contributed by atoms with Gasteiger partial charge in [-0.1, -0.05) is 19.8 Å². The molecular weight excluding hydrogens is 336 g/mol. The van der Waals surface area contributed by atoms with Crippen LogP contribution in [-0.4, -0.2) is 38.6 Å². The number of ketones is 1. The number of benzene rings is 2. The highest BCUT2D eigenvalue weighted by Gasteiger charge is 2.17. The van der Waals surface area contributed by atoms with Crippen LogP contribution in [0, 0.1) is 0 Å². The van der Waals surface area contributed by atoms with E-state index in [0.717, 1.165) is 50.5 Å². The van der Waals surface area contributed by atoms with Gasteiger partial charge in [0.25, 0.3) is 0 Å². The van der Waals surface area contributed by atoms with Crippen LogP contribution in [0.25, 0.3) is 0 Å². The van der Waals surface area contributed by atoms with Gasteiger partial charge >= 0.3 is 0 Å². The summed E-state index contributed by atoms with van der Waals surface area (Å²) in [5, 5.41) is 0. The Bertz CT molecular complexity index is 717. The number of unbranched alkanes of at least 4 members (excludes halogenated alkanes) is 2. The zero-order valence-electron chi connectivity index (χ0n) is 16.5. The van der Waals surface area contributed by atoms with Crippen molar-refractivity contribution in [1.29, 1.82) is 0 Å². The third-order valence-electron chi connectivity index (χ3n) is 5.14. The second-order valence-corrected chi connectivity index (χ2v) is 7.13. The molecule has 0 amide bonds. The Balaban J connectivity index is 1.50. The summed E-state index contributed by atoms with van der Waals surface area (Å²) < 4.78 is 5.80. The number of rotatable bonds is 8. The van der Waals surface area contributed by atoms with E-state index < -0.39 is 0 Å². The van der Waals surface area contributed by atoms with Crippen molar-refractivity contribution in [2.45, 2.75) is 33.1 Å². The van der Waals surface area contributed by atoms with Gasteiger partial charge in [0.2, 0.25) is 0 Å². The maximum absolute atomic E-state index is 11.4. The first-order valence-corrected chi connectivity index (χ1v) is 10.0. The third kappa shape index (κ3) is 5.25. The predicted molar refractivity (Wildman–Crippen MR) is 112 cm³/mol. The van der Waals surface area contributed by atoms with Gasteiger partial charge in [0.05, 0.1) is 6.61 Å². The second-order valence-electron chi connectivity index (χ2n) is 7.13. The van der Waals surface area contributed by atoms with Crippen molar-refractivity contribution >= 4 is 17.2 Å². The minimum absolute atomic E-state index is 0.115. The average molecular weight is 367 g/mol. The van der Waals surface area contributed by atoms with Crippen LogP contribution in [0.4, 0.5) is 11.4 Å². The minimum Gasteiger partial charge on any atom is -0.494 e. The van der Waals surface area contributed by atoms with Gasteiger partial charge in [0.15, 0.2) is 5.78 Å². The number of carbonyl (C=O) groups is 1. The maximum Gasteiger partial charge on any atom is 0.159 e. The summed E-state index contributed by atoms with van der Waals surface area (Å²) in [5.74, 6) is 1.07. The molecule has 0 atom stereocenters. The SMILES string of the molecule is CCCCCOc1ccc(N2CCN(c3ccc(C(C)=O)cc3)CC2)cc1. The van der Waals surface area contributed by atoms with Crippen molar-refractivity contribution < 1.29 is 9.53 Å². The van der Waals surface area contributed by atoms with Gasteiger partial charge in [-0.15, -0.1) is 0 Å². The second kappa shape index (κ2) is 9.45. The number of hydrogen-bond acceptors (Lipinski definition) is 4. The zero-order chi connectivity index (χ0) is 19.1. The number of ether oxygens (including phenoxy) is 1. The lowest BCUT2D eigenvalue weighted by atomic mass is 10.1. The molecule has 0 bridgehead atoms. The normalized spacial score (nSPS) is 14.3. The Hall–Kier alpha value is -2.49. The Labute approximate surface area is 162 Å². The van der Waals surface area contributed by atoms with Crippen molar-refractivity contribution in [2.75, 3.05) is 42.6 Å². The van der Waals surface area contributed by atoms with Crippen LogP contribution in [0.3, 0.4) is 0 Å². The predicted octanol–water partition coefficient (Wildman–Crippen LogP) is 4.78. The molecule has 1 aliphatic heterocycles. The molecule has 0 saturated carbocycles. The van der Waals surface area contributed by atoms with E-state index in [0.29, 0.717) is 0 Å². The fraction of sp³-hybridized carbons (Fsp3) is 0.435. The number of hydrogen-bond donors (Lipinski definition) is 0. The lowest BCUT2D eigenvalue weighted by Gasteiger charge is -2.37. The van der Waals surface area contributed by atoms with Crippen LogP contribution in [0.2, 0.25) is 0 Å². The lowest BCUT2D eigenvalue weighted by Crippen LogP contribution is -2.46. The van der Waals surface area contributed by atoms with Crippen LogP contribution in [0.15, 0.2) is 48.5 Å². The summed E-state index contributed by atoms with van der Waals surface area (Å²) >= 11 is 0. The Morgan fingerprint density at radius 2 is 1.37 bits per heavy atom. The number of carbonyl (C=O) groups excluding carboxylic acids is 1. The van der Waals surface area contributed by atoms with E-state index in [2.05, 4.69) is 53.1 Å². The maximum atomic E-state index is 11.4. The van der Waals surface area contributed by atoms with Gasteiger partial charge < -0.3 is 14.5 Å². The molecule has 1 aliphatic rings. The van der Waals surface area contributed by atoms with Gasteiger partial charge in [0.1, 0.15) is 5.75 Å². The molecule has 0 radical (unpaired) electrons. The number of anilines is 2. The molecule has 4 nitrogen and oxygen atoms in total. The summed E-state index contributed by atoms with van der Waals surface area (Å²) in [6.07, 6.45) is 3.56. The quantitative estimate of drug-likeness (QED) is 0.497. The van der Waals surface area contributed by atoms with Crippen LogP contribution < -0.4 is 14.5 Å². The molecule has 1 heterocycles. The van der Waals surface area contributed by atoms with E-state index >= 15 is 0 Å². The summed E-state index contributed by atoms with van der Waals surface area (Å²) in [7, 11) is 0. The van der Waals surface area contributed by atoms with Crippen molar-refractivity contribution in [3.63, 3.8) is 0 Å². The standard InChI is InChI=1S/C23H30N2O2/c1-3-4-5-18-27-23-12-10-22(11-13-23)25-16-14-24(15-17-25)21-8-6-20(7-9-21)19(2)26/h6-13H,3-5,14-18H2,1-2H3. The van der Waals surface area contributed by atoms with Gasteiger partial charge in [-0.2, -0.15) is 0 Å². The molecule has 1 fully saturated rings. The molecule has 0 N–H and O–H groups in total. The first-order valence-electron chi connectivity index (χ1n) is 10.0. The van der Waals surface area contributed by atoms with E-state index in [1.165, 1.54) is 24.2 Å². The molecule has 2 aromatic rings. The third-order valence-corrected chi connectivity index (χ3v) is 5.14. The van der Waals surface area contributed by atoms with E-state index in [1.54, 1.807) is 6.92 Å². The molecule has 0 aromatic heterocycles. The molecule has 0 spiro atoms. The Morgan fingerprint density at radius 1 is 0.852 bits per heavy atom.